The maximum atomic E-state index is 8.99. The molecule has 0 bridgehead atoms. The molecule has 0 radical (unpaired) electrons. The number of halogens is 1. The molecule has 0 heterocycles. The molecule has 0 aliphatic heterocycles. The Hall–Kier alpha value is -2.30. The van der Waals surface area contributed by atoms with Crippen LogP contribution in [0.1, 0.15) is 11.1 Å². The summed E-state index contributed by atoms with van der Waals surface area (Å²) in [5.41, 5.74) is 2.99. The van der Waals surface area contributed by atoms with E-state index >= 15 is 0 Å². The molecule has 0 atom stereocenters. The molecule has 0 amide bonds. The van der Waals surface area contributed by atoms with Gasteiger partial charge in [-0.05, 0) is 36.4 Å². The van der Waals surface area contributed by atoms with Crippen molar-refractivity contribution in [3.8, 4) is 12.1 Å². The fraction of sp³-hybridized carbons (Fsp3) is 0.0667. The number of nitrogens with zero attached hydrogens (tertiary/aromatic N) is 3. The predicted molar refractivity (Wildman–Crippen MR) is 78.1 cm³/mol. The second-order valence-electron chi connectivity index (χ2n) is 4.03. The van der Waals surface area contributed by atoms with E-state index in [1.54, 1.807) is 12.1 Å². The normalized spacial score (nSPS) is 9.47. The molecule has 0 saturated carbocycles. The highest BCUT2D eigenvalue weighted by Crippen LogP contribution is 2.28. The number of benzene rings is 2. The zero-order valence-corrected chi connectivity index (χ0v) is 11.8. The van der Waals surface area contributed by atoms with Gasteiger partial charge in [-0.15, -0.1) is 0 Å². The summed E-state index contributed by atoms with van der Waals surface area (Å²) in [6, 6.07) is 17.1. The van der Waals surface area contributed by atoms with Gasteiger partial charge in [0.15, 0.2) is 0 Å². The number of hydrogen-bond donors (Lipinski definition) is 0. The molecular formula is C15H10BrN3. The van der Waals surface area contributed by atoms with Crippen molar-refractivity contribution in [3.63, 3.8) is 0 Å². The van der Waals surface area contributed by atoms with Gasteiger partial charge in [0.05, 0.1) is 23.3 Å². The van der Waals surface area contributed by atoms with E-state index in [2.05, 4.69) is 28.1 Å². The molecule has 2 aromatic carbocycles. The van der Waals surface area contributed by atoms with Gasteiger partial charge >= 0.3 is 0 Å². The van der Waals surface area contributed by atoms with Crippen LogP contribution in [0, 0.1) is 22.7 Å². The number of nitriles is 2. The Bertz CT molecular complexity index is 695. The van der Waals surface area contributed by atoms with Gasteiger partial charge in [0.1, 0.15) is 0 Å². The molecule has 19 heavy (non-hydrogen) atoms. The second kappa shape index (κ2) is 5.56. The van der Waals surface area contributed by atoms with Crippen LogP contribution in [0.3, 0.4) is 0 Å². The van der Waals surface area contributed by atoms with Crippen molar-refractivity contribution in [2.45, 2.75) is 0 Å². The smallest absolute Gasteiger partial charge is 0.0992 e. The topological polar surface area (TPSA) is 50.8 Å². The highest BCUT2D eigenvalue weighted by atomic mass is 79.9. The minimum absolute atomic E-state index is 0.590. The summed E-state index contributed by atoms with van der Waals surface area (Å²) >= 11 is 3.39. The van der Waals surface area contributed by atoms with E-state index in [-0.39, 0.29) is 0 Å². The van der Waals surface area contributed by atoms with Crippen LogP contribution in [-0.2, 0) is 0 Å². The molecule has 0 aromatic heterocycles. The van der Waals surface area contributed by atoms with Crippen LogP contribution in [0.4, 0.5) is 11.4 Å². The lowest BCUT2D eigenvalue weighted by Crippen LogP contribution is -2.09. The van der Waals surface area contributed by atoms with Gasteiger partial charge in [0.25, 0.3) is 0 Å². The van der Waals surface area contributed by atoms with Crippen LogP contribution in [0.25, 0.3) is 0 Å². The third-order valence-electron chi connectivity index (χ3n) is 2.76. The molecule has 3 nitrogen and oxygen atoms in total. The Morgan fingerprint density at radius 1 is 0.947 bits per heavy atom. The molecule has 0 aliphatic carbocycles. The summed E-state index contributed by atoms with van der Waals surface area (Å²) in [5, 5.41) is 17.9. The van der Waals surface area contributed by atoms with Crippen molar-refractivity contribution in [3.05, 3.63) is 58.1 Å². The fourth-order valence-corrected chi connectivity index (χ4v) is 2.25. The molecule has 2 rings (SSSR count). The van der Waals surface area contributed by atoms with E-state index in [0.29, 0.717) is 11.1 Å². The van der Waals surface area contributed by atoms with E-state index in [1.165, 1.54) is 0 Å². The molecule has 0 spiro atoms. The Labute approximate surface area is 120 Å². The van der Waals surface area contributed by atoms with Crippen LogP contribution in [-0.4, -0.2) is 7.05 Å². The second-order valence-corrected chi connectivity index (χ2v) is 4.95. The number of anilines is 2. The van der Waals surface area contributed by atoms with Gasteiger partial charge in [0.2, 0.25) is 0 Å². The van der Waals surface area contributed by atoms with E-state index in [0.717, 1.165) is 15.8 Å². The quantitative estimate of drug-likeness (QED) is 0.843. The zero-order valence-electron chi connectivity index (χ0n) is 10.3. The SMILES string of the molecule is CN(c1cccc(C#N)c1)c1cc(Br)cc(C#N)c1. The molecule has 4 heteroatoms. The summed E-state index contributed by atoms with van der Waals surface area (Å²) in [5.74, 6) is 0. The summed E-state index contributed by atoms with van der Waals surface area (Å²) in [7, 11) is 1.90. The Morgan fingerprint density at radius 3 is 2.32 bits per heavy atom. The van der Waals surface area contributed by atoms with E-state index in [9.17, 15) is 0 Å². The van der Waals surface area contributed by atoms with Gasteiger partial charge in [-0.1, -0.05) is 22.0 Å². The zero-order chi connectivity index (χ0) is 13.8. The van der Waals surface area contributed by atoms with Crippen molar-refractivity contribution >= 4 is 27.3 Å². The Balaban J connectivity index is 2.44. The summed E-state index contributed by atoms with van der Waals surface area (Å²) < 4.78 is 0.852. The Morgan fingerprint density at radius 2 is 1.63 bits per heavy atom. The summed E-state index contributed by atoms with van der Waals surface area (Å²) in [4.78, 5) is 1.94. The highest BCUT2D eigenvalue weighted by Gasteiger charge is 2.07. The van der Waals surface area contributed by atoms with Crippen molar-refractivity contribution < 1.29 is 0 Å². The minimum atomic E-state index is 0.590. The average Bonchev–Trinajstić information content (AvgIpc) is 2.45. The van der Waals surface area contributed by atoms with E-state index < -0.39 is 0 Å². The van der Waals surface area contributed by atoms with Crippen LogP contribution in [0.5, 0.6) is 0 Å². The monoisotopic (exact) mass is 311 g/mol. The third-order valence-corrected chi connectivity index (χ3v) is 3.22. The molecule has 92 valence electrons. The minimum Gasteiger partial charge on any atom is -0.345 e. The first-order valence-corrected chi connectivity index (χ1v) is 6.38. The fourth-order valence-electron chi connectivity index (χ4n) is 1.77. The molecule has 0 fully saturated rings. The van der Waals surface area contributed by atoms with Crippen molar-refractivity contribution in [2.24, 2.45) is 0 Å². The molecule has 0 N–H and O–H groups in total. The van der Waals surface area contributed by atoms with Gasteiger partial charge in [-0.3, -0.25) is 0 Å². The first-order chi connectivity index (χ1) is 9.13. The lowest BCUT2D eigenvalue weighted by molar-refractivity contribution is 1.20. The first kappa shape index (κ1) is 13.1. The molecule has 2 aromatic rings. The van der Waals surface area contributed by atoms with Crippen LogP contribution >= 0.6 is 15.9 Å². The first-order valence-electron chi connectivity index (χ1n) is 5.58. The predicted octanol–water partition coefficient (Wildman–Crippen LogP) is 3.96. The highest BCUT2D eigenvalue weighted by molar-refractivity contribution is 9.10. The van der Waals surface area contributed by atoms with Crippen LogP contribution in [0.2, 0.25) is 0 Å². The lowest BCUT2D eigenvalue weighted by Gasteiger charge is -2.20. The van der Waals surface area contributed by atoms with Gasteiger partial charge < -0.3 is 4.90 Å². The van der Waals surface area contributed by atoms with Gasteiger partial charge in [-0.2, -0.15) is 10.5 Å². The molecule has 0 saturated heterocycles. The standard InChI is InChI=1S/C15H10BrN3/c1-19(14-4-2-3-11(6-14)9-17)15-7-12(10-18)5-13(16)8-15/h2-8H,1H3. The van der Waals surface area contributed by atoms with Crippen LogP contribution in [0.15, 0.2) is 46.9 Å². The number of rotatable bonds is 2. The Kier molecular flexibility index (Phi) is 3.85. The van der Waals surface area contributed by atoms with Gasteiger partial charge in [0, 0.05) is 22.9 Å². The largest absolute Gasteiger partial charge is 0.345 e. The van der Waals surface area contributed by atoms with E-state index in [4.69, 9.17) is 10.5 Å². The molecule has 0 unspecified atom stereocenters. The number of hydrogen-bond acceptors (Lipinski definition) is 3. The van der Waals surface area contributed by atoms with Gasteiger partial charge in [-0.25, -0.2) is 0 Å². The summed E-state index contributed by atoms with van der Waals surface area (Å²) in [6.07, 6.45) is 0. The van der Waals surface area contributed by atoms with Crippen molar-refractivity contribution in [1.82, 2.24) is 0 Å². The third kappa shape index (κ3) is 2.93. The maximum Gasteiger partial charge on any atom is 0.0992 e. The maximum absolute atomic E-state index is 8.99. The molecule has 0 aliphatic rings. The lowest BCUT2D eigenvalue weighted by atomic mass is 10.1. The average molecular weight is 312 g/mol. The van der Waals surface area contributed by atoms with Crippen molar-refractivity contribution in [1.29, 1.82) is 10.5 Å². The molecular weight excluding hydrogens is 302 g/mol. The van der Waals surface area contributed by atoms with E-state index in [1.807, 2.05) is 42.3 Å². The van der Waals surface area contributed by atoms with Crippen LogP contribution < -0.4 is 4.90 Å². The van der Waals surface area contributed by atoms with Crippen molar-refractivity contribution in [2.75, 3.05) is 11.9 Å². The summed E-state index contributed by atoms with van der Waals surface area (Å²) in [6.45, 7) is 0.